The lowest BCUT2D eigenvalue weighted by atomic mass is 9.75. The van der Waals surface area contributed by atoms with Crippen LogP contribution in [0.5, 0.6) is 0 Å². The van der Waals surface area contributed by atoms with Gasteiger partial charge < -0.3 is 9.47 Å². The Morgan fingerprint density at radius 3 is 2.23 bits per heavy atom. The molecular weight excluding hydrogens is 284 g/mol. The number of ether oxygens (including phenoxy) is 2. The van der Waals surface area contributed by atoms with Gasteiger partial charge in [0.1, 0.15) is 0 Å². The summed E-state index contributed by atoms with van der Waals surface area (Å²) in [6, 6.07) is 8.87. The van der Waals surface area contributed by atoms with Gasteiger partial charge in [-0.1, -0.05) is 36.8 Å². The second kappa shape index (κ2) is 6.73. The third kappa shape index (κ3) is 2.75. The van der Waals surface area contributed by atoms with Crippen molar-refractivity contribution in [3.63, 3.8) is 0 Å². The topological polar surface area (TPSA) is 69.7 Å². The van der Waals surface area contributed by atoms with Gasteiger partial charge in [-0.25, -0.2) is 0 Å². The standard InChI is InChI=1S/C17H20O5/c1-21-15(19)17(16(20)22-2)10-6-9-13(17)11-14(18)12-7-4-3-5-8-12/h3-5,7-8,13H,6,9-11H2,1-2H3/t13-/m0/s1. The zero-order chi connectivity index (χ0) is 16.2. The van der Waals surface area contributed by atoms with Crippen molar-refractivity contribution in [3.8, 4) is 0 Å². The largest absolute Gasteiger partial charge is 0.468 e. The molecule has 1 atom stereocenters. The number of Topliss-reactive ketones (excluding diaryl/α,β-unsaturated/α-hetero) is 1. The van der Waals surface area contributed by atoms with Crippen LogP contribution in [0.15, 0.2) is 30.3 Å². The van der Waals surface area contributed by atoms with E-state index in [4.69, 9.17) is 9.47 Å². The van der Waals surface area contributed by atoms with Crippen molar-refractivity contribution in [2.24, 2.45) is 11.3 Å². The summed E-state index contributed by atoms with van der Waals surface area (Å²) < 4.78 is 9.65. The molecule has 0 amide bonds. The van der Waals surface area contributed by atoms with Crippen molar-refractivity contribution in [2.45, 2.75) is 25.7 Å². The summed E-state index contributed by atoms with van der Waals surface area (Å²) in [5, 5.41) is 0. The Labute approximate surface area is 129 Å². The first-order valence-electron chi connectivity index (χ1n) is 7.31. The molecule has 0 unspecified atom stereocenters. The molecule has 118 valence electrons. The molecule has 0 aromatic heterocycles. The number of ketones is 1. The molecular formula is C17H20O5. The van der Waals surface area contributed by atoms with Crippen LogP contribution < -0.4 is 0 Å². The Morgan fingerprint density at radius 1 is 1.09 bits per heavy atom. The smallest absolute Gasteiger partial charge is 0.323 e. The van der Waals surface area contributed by atoms with Crippen LogP contribution in [-0.2, 0) is 19.1 Å². The summed E-state index contributed by atoms with van der Waals surface area (Å²) in [5.41, 5.74) is -0.772. The third-order valence-electron chi connectivity index (χ3n) is 4.45. The molecule has 1 aliphatic rings. The number of carbonyl (C=O) groups is 3. The van der Waals surface area contributed by atoms with Gasteiger partial charge in [0.2, 0.25) is 0 Å². The summed E-state index contributed by atoms with van der Waals surface area (Å²) >= 11 is 0. The van der Waals surface area contributed by atoms with Crippen LogP contribution in [0.2, 0.25) is 0 Å². The molecule has 2 rings (SSSR count). The van der Waals surface area contributed by atoms with Gasteiger partial charge in [-0.05, 0) is 18.8 Å². The van der Waals surface area contributed by atoms with E-state index in [2.05, 4.69) is 0 Å². The quantitative estimate of drug-likeness (QED) is 0.474. The van der Waals surface area contributed by atoms with Gasteiger partial charge in [0.15, 0.2) is 11.2 Å². The van der Waals surface area contributed by atoms with E-state index in [1.807, 2.05) is 6.07 Å². The summed E-state index contributed by atoms with van der Waals surface area (Å²) in [6.07, 6.45) is 1.81. The molecule has 0 aliphatic heterocycles. The van der Waals surface area contributed by atoms with Crippen LogP contribution in [0.25, 0.3) is 0 Å². The molecule has 0 bridgehead atoms. The third-order valence-corrected chi connectivity index (χ3v) is 4.45. The average Bonchev–Trinajstić information content (AvgIpc) is 2.98. The fourth-order valence-corrected chi connectivity index (χ4v) is 3.30. The Kier molecular flexibility index (Phi) is 4.96. The van der Waals surface area contributed by atoms with Crippen LogP contribution in [0.3, 0.4) is 0 Å². The second-order valence-electron chi connectivity index (χ2n) is 5.54. The summed E-state index contributed by atoms with van der Waals surface area (Å²) in [6.45, 7) is 0. The number of rotatable bonds is 5. The molecule has 1 saturated carbocycles. The normalized spacial score (nSPS) is 19.5. The summed E-state index contributed by atoms with van der Waals surface area (Å²) in [5.74, 6) is -1.68. The van der Waals surface area contributed by atoms with Crippen molar-refractivity contribution in [3.05, 3.63) is 35.9 Å². The zero-order valence-corrected chi connectivity index (χ0v) is 12.8. The minimum absolute atomic E-state index is 0.0790. The Hall–Kier alpha value is -2.17. The highest BCUT2D eigenvalue weighted by atomic mass is 16.5. The van der Waals surface area contributed by atoms with Crippen LogP contribution in [0.4, 0.5) is 0 Å². The van der Waals surface area contributed by atoms with Gasteiger partial charge in [-0.15, -0.1) is 0 Å². The van der Waals surface area contributed by atoms with Gasteiger partial charge >= 0.3 is 11.9 Å². The van der Waals surface area contributed by atoms with Gasteiger partial charge in [0, 0.05) is 12.0 Å². The first-order chi connectivity index (χ1) is 10.6. The number of methoxy groups -OCH3 is 2. The number of benzene rings is 1. The van der Waals surface area contributed by atoms with E-state index in [-0.39, 0.29) is 18.1 Å². The predicted molar refractivity (Wildman–Crippen MR) is 79.2 cm³/mol. The van der Waals surface area contributed by atoms with E-state index in [9.17, 15) is 14.4 Å². The molecule has 0 spiro atoms. The molecule has 5 heteroatoms. The van der Waals surface area contributed by atoms with Crippen molar-refractivity contribution in [1.29, 1.82) is 0 Å². The van der Waals surface area contributed by atoms with Crippen LogP contribution in [0, 0.1) is 11.3 Å². The van der Waals surface area contributed by atoms with Gasteiger partial charge in [-0.2, -0.15) is 0 Å². The summed E-state index contributed by atoms with van der Waals surface area (Å²) in [7, 11) is 2.50. The summed E-state index contributed by atoms with van der Waals surface area (Å²) in [4.78, 5) is 36.9. The number of carbonyl (C=O) groups excluding carboxylic acids is 3. The maximum Gasteiger partial charge on any atom is 0.323 e. The van der Waals surface area contributed by atoms with E-state index in [0.717, 1.165) is 0 Å². The van der Waals surface area contributed by atoms with Crippen molar-refractivity contribution >= 4 is 17.7 Å². The molecule has 1 aromatic rings. The van der Waals surface area contributed by atoms with E-state index in [1.165, 1.54) is 14.2 Å². The van der Waals surface area contributed by atoms with Crippen LogP contribution >= 0.6 is 0 Å². The average molecular weight is 304 g/mol. The highest BCUT2D eigenvalue weighted by Crippen LogP contribution is 2.47. The lowest BCUT2D eigenvalue weighted by molar-refractivity contribution is -0.172. The molecule has 1 aromatic carbocycles. The Balaban J connectivity index is 2.26. The molecule has 1 aliphatic carbocycles. The highest BCUT2D eigenvalue weighted by Gasteiger charge is 2.57. The van der Waals surface area contributed by atoms with Crippen LogP contribution in [0.1, 0.15) is 36.0 Å². The van der Waals surface area contributed by atoms with Gasteiger partial charge in [0.05, 0.1) is 14.2 Å². The Bertz CT molecular complexity index is 548. The van der Waals surface area contributed by atoms with E-state index in [1.54, 1.807) is 24.3 Å². The SMILES string of the molecule is COC(=O)C1(C(=O)OC)CCC[C@H]1CC(=O)c1ccccc1. The van der Waals surface area contributed by atoms with Crippen LogP contribution in [-0.4, -0.2) is 31.9 Å². The molecule has 0 radical (unpaired) electrons. The maximum atomic E-state index is 12.4. The molecule has 0 heterocycles. The predicted octanol–water partition coefficient (Wildman–Crippen LogP) is 2.39. The zero-order valence-electron chi connectivity index (χ0n) is 12.8. The van der Waals surface area contributed by atoms with Gasteiger partial charge in [-0.3, -0.25) is 14.4 Å². The van der Waals surface area contributed by atoms with Crippen molar-refractivity contribution < 1.29 is 23.9 Å². The highest BCUT2D eigenvalue weighted by molar-refractivity contribution is 6.02. The molecule has 1 fully saturated rings. The number of hydrogen-bond acceptors (Lipinski definition) is 5. The van der Waals surface area contributed by atoms with Crippen molar-refractivity contribution in [1.82, 2.24) is 0 Å². The first-order valence-corrected chi connectivity index (χ1v) is 7.31. The molecule has 22 heavy (non-hydrogen) atoms. The fourth-order valence-electron chi connectivity index (χ4n) is 3.30. The van der Waals surface area contributed by atoms with E-state index in [0.29, 0.717) is 24.8 Å². The maximum absolute atomic E-state index is 12.4. The molecule has 0 saturated heterocycles. The second-order valence-corrected chi connectivity index (χ2v) is 5.54. The van der Waals surface area contributed by atoms with Crippen molar-refractivity contribution in [2.75, 3.05) is 14.2 Å². The number of esters is 2. The lowest BCUT2D eigenvalue weighted by Gasteiger charge is -2.29. The molecule has 0 N–H and O–H groups in total. The van der Waals surface area contributed by atoms with E-state index < -0.39 is 17.4 Å². The monoisotopic (exact) mass is 304 g/mol. The lowest BCUT2D eigenvalue weighted by Crippen LogP contribution is -2.44. The first kappa shape index (κ1) is 16.2. The fraction of sp³-hybridized carbons (Fsp3) is 0.471. The number of hydrogen-bond donors (Lipinski definition) is 0. The van der Waals surface area contributed by atoms with E-state index >= 15 is 0 Å². The molecule has 5 nitrogen and oxygen atoms in total. The minimum atomic E-state index is -1.35. The minimum Gasteiger partial charge on any atom is -0.468 e. The Morgan fingerprint density at radius 2 is 1.68 bits per heavy atom. The van der Waals surface area contributed by atoms with Gasteiger partial charge in [0.25, 0.3) is 0 Å².